The topological polar surface area (TPSA) is 109 Å². The number of nitrogens with one attached hydrogen (secondary N) is 2. The second-order valence-electron chi connectivity index (χ2n) is 3.00. The lowest BCUT2D eigenvalue weighted by atomic mass is 10.2. The second-order valence-corrected chi connectivity index (χ2v) is 3.00. The zero-order valence-corrected chi connectivity index (χ0v) is 7.99. The van der Waals surface area contributed by atoms with E-state index in [0.29, 0.717) is 22.8 Å². The van der Waals surface area contributed by atoms with E-state index < -0.39 is 0 Å². The number of H-pyrrole nitrogens is 2. The van der Waals surface area contributed by atoms with Crippen molar-refractivity contribution in [2.24, 2.45) is 0 Å². The van der Waals surface area contributed by atoms with Crippen molar-refractivity contribution in [2.75, 3.05) is 0 Å². The van der Waals surface area contributed by atoms with Crippen LogP contribution in [0.3, 0.4) is 0 Å². The highest BCUT2D eigenvalue weighted by Crippen LogP contribution is 2.17. The molecular formula is C8H6N8. The zero-order valence-electron chi connectivity index (χ0n) is 7.99. The quantitative estimate of drug-likeness (QED) is 0.623. The molecule has 0 saturated carbocycles. The SMILES string of the molecule is c1nc(-c2cn[nH]n2)cc(-c2cn[nH]n2)n1. The molecule has 8 nitrogen and oxygen atoms in total. The third kappa shape index (κ3) is 1.41. The Kier molecular flexibility index (Phi) is 1.89. The van der Waals surface area contributed by atoms with E-state index in [1.165, 1.54) is 6.33 Å². The number of hydrogen-bond acceptors (Lipinski definition) is 6. The summed E-state index contributed by atoms with van der Waals surface area (Å²) in [5.74, 6) is 0. The standard InChI is InChI=1S/C8H6N8/c1-5(7-2-11-15-13-7)9-4-10-6(1)8-3-12-16-14-8/h1-4H,(H,11,13,15)(H,12,14,16). The molecule has 8 heteroatoms. The van der Waals surface area contributed by atoms with Gasteiger partial charge in [0, 0.05) is 0 Å². The highest BCUT2D eigenvalue weighted by Gasteiger charge is 2.07. The summed E-state index contributed by atoms with van der Waals surface area (Å²) in [6.45, 7) is 0. The summed E-state index contributed by atoms with van der Waals surface area (Å²) in [6.07, 6.45) is 4.64. The Morgan fingerprint density at radius 3 is 1.75 bits per heavy atom. The fourth-order valence-electron chi connectivity index (χ4n) is 1.29. The summed E-state index contributed by atoms with van der Waals surface area (Å²) < 4.78 is 0. The second kappa shape index (κ2) is 3.50. The van der Waals surface area contributed by atoms with Crippen LogP contribution in [0, 0.1) is 0 Å². The van der Waals surface area contributed by atoms with E-state index in [9.17, 15) is 0 Å². The van der Waals surface area contributed by atoms with Crippen LogP contribution in [0.1, 0.15) is 0 Å². The first-order chi connectivity index (χ1) is 7.93. The van der Waals surface area contributed by atoms with Crippen LogP contribution in [0.25, 0.3) is 22.8 Å². The molecule has 3 heterocycles. The minimum atomic E-state index is 0.659. The fourth-order valence-corrected chi connectivity index (χ4v) is 1.29. The predicted octanol–water partition coefficient (Wildman–Crippen LogP) is 0.0468. The maximum absolute atomic E-state index is 4.10. The van der Waals surface area contributed by atoms with Gasteiger partial charge in [-0.25, -0.2) is 9.97 Å². The molecule has 0 bridgehead atoms. The van der Waals surface area contributed by atoms with Crippen molar-refractivity contribution in [3.8, 4) is 22.8 Å². The Hall–Kier alpha value is -2.64. The molecular weight excluding hydrogens is 208 g/mol. The number of hydrogen-bond donors (Lipinski definition) is 2. The van der Waals surface area contributed by atoms with E-state index in [1.807, 2.05) is 0 Å². The van der Waals surface area contributed by atoms with Gasteiger partial charge < -0.3 is 0 Å². The van der Waals surface area contributed by atoms with Gasteiger partial charge >= 0.3 is 0 Å². The third-order valence-electron chi connectivity index (χ3n) is 2.02. The molecule has 0 aliphatic carbocycles. The molecule has 78 valence electrons. The number of aromatic nitrogens is 8. The van der Waals surface area contributed by atoms with Gasteiger partial charge in [0.15, 0.2) is 0 Å². The van der Waals surface area contributed by atoms with E-state index in [4.69, 9.17) is 0 Å². The minimum Gasteiger partial charge on any atom is -0.235 e. The van der Waals surface area contributed by atoms with Crippen molar-refractivity contribution in [2.45, 2.75) is 0 Å². The average molecular weight is 214 g/mol. The molecule has 0 aliphatic rings. The highest BCUT2D eigenvalue weighted by atomic mass is 15.3. The molecule has 0 amide bonds. The number of rotatable bonds is 2. The van der Waals surface area contributed by atoms with Crippen LogP contribution in [0.5, 0.6) is 0 Å². The minimum absolute atomic E-state index is 0.659. The van der Waals surface area contributed by atoms with Crippen LogP contribution in [0.15, 0.2) is 24.8 Å². The van der Waals surface area contributed by atoms with E-state index in [-0.39, 0.29) is 0 Å². The van der Waals surface area contributed by atoms with Crippen LogP contribution in [0.2, 0.25) is 0 Å². The van der Waals surface area contributed by atoms with E-state index in [0.717, 1.165) is 0 Å². The number of aromatic amines is 2. The molecule has 0 atom stereocenters. The Morgan fingerprint density at radius 2 is 1.31 bits per heavy atom. The van der Waals surface area contributed by atoms with Gasteiger partial charge in [-0.1, -0.05) is 0 Å². The maximum atomic E-state index is 4.10. The van der Waals surface area contributed by atoms with Gasteiger partial charge in [0.2, 0.25) is 0 Å². The van der Waals surface area contributed by atoms with Crippen LogP contribution >= 0.6 is 0 Å². The first-order valence-electron chi connectivity index (χ1n) is 4.48. The van der Waals surface area contributed by atoms with Crippen molar-refractivity contribution in [3.63, 3.8) is 0 Å². The van der Waals surface area contributed by atoms with Crippen molar-refractivity contribution in [3.05, 3.63) is 24.8 Å². The molecule has 0 saturated heterocycles. The Bertz CT molecular complexity index is 520. The van der Waals surface area contributed by atoms with Crippen molar-refractivity contribution < 1.29 is 0 Å². The fraction of sp³-hybridized carbons (Fsp3) is 0. The van der Waals surface area contributed by atoms with Gasteiger partial charge in [-0.05, 0) is 6.07 Å². The lowest BCUT2D eigenvalue weighted by molar-refractivity contribution is 0.938. The summed E-state index contributed by atoms with van der Waals surface area (Å²) in [6, 6.07) is 1.77. The maximum Gasteiger partial charge on any atom is 0.131 e. The lowest BCUT2D eigenvalue weighted by Crippen LogP contribution is -1.89. The lowest BCUT2D eigenvalue weighted by Gasteiger charge is -1.97. The molecule has 0 radical (unpaired) electrons. The first-order valence-corrected chi connectivity index (χ1v) is 4.48. The van der Waals surface area contributed by atoms with E-state index in [1.54, 1.807) is 18.5 Å². The summed E-state index contributed by atoms with van der Waals surface area (Å²) in [5, 5.41) is 20.4. The summed E-state index contributed by atoms with van der Waals surface area (Å²) >= 11 is 0. The van der Waals surface area contributed by atoms with Gasteiger partial charge in [-0.3, -0.25) is 0 Å². The van der Waals surface area contributed by atoms with Crippen LogP contribution in [0.4, 0.5) is 0 Å². The van der Waals surface area contributed by atoms with Crippen LogP contribution in [-0.4, -0.2) is 40.8 Å². The number of nitrogens with zero attached hydrogens (tertiary/aromatic N) is 6. The van der Waals surface area contributed by atoms with Crippen LogP contribution < -0.4 is 0 Å². The van der Waals surface area contributed by atoms with Crippen molar-refractivity contribution >= 4 is 0 Å². The van der Waals surface area contributed by atoms with Gasteiger partial charge in [0.05, 0.1) is 23.8 Å². The Labute approximate surface area is 89.2 Å². The molecule has 3 aromatic rings. The molecule has 0 spiro atoms. The average Bonchev–Trinajstić information content (AvgIpc) is 3.03. The Balaban J connectivity index is 2.07. The van der Waals surface area contributed by atoms with Crippen molar-refractivity contribution in [1.29, 1.82) is 0 Å². The van der Waals surface area contributed by atoms with E-state index in [2.05, 4.69) is 40.8 Å². The molecule has 0 aromatic carbocycles. The zero-order chi connectivity index (χ0) is 10.8. The molecule has 3 aromatic heterocycles. The smallest absolute Gasteiger partial charge is 0.131 e. The Morgan fingerprint density at radius 1 is 0.750 bits per heavy atom. The molecule has 0 unspecified atom stereocenters. The molecule has 3 rings (SSSR count). The summed E-state index contributed by atoms with van der Waals surface area (Å²) in [4.78, 5) is 8.20. The van der Waals surface area contributed by atoms with Gasteiger partial charge in [-0.2, -0.15) is 30.8 Å². The van der Waals surface area contributed by atoms with Crippen molar-refractivity contribution in [1.82, 2.24) is 40.8 Å². The molecule has 0 aliphatic heterocycles. The monoisotopic (exact) mass is 214 g/mol. The first kappa shape index (κ1) is 8.65. The molecule has 0 fully saturated rings. The van der Waals surface area contributed by atoms with E-state index >= 15 is 0 Å². The summed E-state index contributed by atoms with van der Waals surface area (Å²) in [5.41, 5.74) is 2.68. The van der Waals surface area contributed by atoms with Crippen LogP contribution in [-0.2, 0) is 0 Å². The normalized spacial score (nSPS) is 10.5. The third-order valence-corrected chi connectivity index (χ3v) is 2.02. The van der Waals surface area contributed by atoms with Gasteiger partial charge in [-0.15, -0.1) is 0 Å². The molecule has 2 N–H and O–H groups in total. The highest BCUT2D eigenvalue weighted by molar-refractivity contribution is 5.61. The molecule has 16 heavy (non-hydrogen) atoms. The van der Waals surface area contributed by atoms with Gasteiger partial charge in [0.1, 0.15) is 17.7 Å². The largest absolute Gasteiger partial charge is 0.235 e. The van der Waals surface area contributed by atoms with Gasteiger partial charge in [0.25, 0.3) is 0 Å². The summed E-state index contributed by atoms with van der Waals surface area (Å²) in [7, 11) is 0. The predicted molar refractivity (Wildman–Crippen MR) is 52.8 cm³/mol.